The second kappa shape index (κ2) is 8.36. The van der Waals surface area contributed by atoms with Crippen LogP contribution in [0.5, 0.6) is 0 Å². The number of likely N-dealkylation sites (N-methyl/N-ethyl adjacent to an activating group) is 1. The van der Waals surface area contributed by atoms with Crippen LogP contribution in [0.25, 0.3) is 0 Å². The molecule has 0 aromatic heterocycles. The molecule has 5 atom stereocenters. The number of hydrogen-bond acceptors (Lipinski definition) is 3. The van der Waals surface area contributed by atoms with Crippen LogP contribution in [0.2, 0.25) is 25.7 Å². The quantitative estimate of drug-likeness (QED) is 0.347. The van der Waals surface area contributed by atoms with Crippen LogP contribution in [0.3, 0.4) is 0 Å². The zero-order valence-electron chi connectivity index (χ0n) is 16.4. The fourth-order valence-electron chi connectivity index (χ4n) is 4.71. The van der Waals surface area contributed by atoms with E-state index < -0.39 is 8.07 Å². The molecular formula is C19H36Cl2N2OSi. The summed E-state index contributed by atoms with van der Waals surface area (Å²) in [5, 5.41) is 0.553. The fraction of sp³-hybridized carbons (Fsp3) is 1.00. The second-order valence-electron chi connectivity index (χ2n) is 9.74. The van der Waals surface area contributed by atoms with Crippen molar-refractivity contribution in [2.45, 2.75) is 80.6 Å². The van der Waals surface area contributed by atoms with Crippen molar-refractivity contribution in [1.82, 2.24) is 9.80 Å². The van der Waals surface area contributed by atoms with Gasteiger partial charge in [0.2, 0.25) is 0 Å². The highest BCUT2D eigenvalue weighted by molar-refractivity contribution is 6.76. The predicted molar refractivity (Wildman–Crippen MR) is 110 cm³/mol. The standard InChI is InChI=1S/C19H36Cl2N2OSi/c1-22-12-23(13-24-9-10-25(2,3)4)19(18(22)14-5-6-14)16-11-15(20)7-8-17(16)21/h14-19H,5-13H2,1-4H3. The molecule has 1 aliphatic heterocycles. The molecule has 0 amide bonds. The van der Waals surface area contributed by atoms with E-state index in [4.69, 9.17) is 27.9 Å². The van der Waals surface area contributed by atoms with Crippen LogP contribution in [0.1, 0.15) is 32.1 Å². The highest BCUT2D eigenvalue weighted by Crippen LogP contribution is 2.46. The summed E-state index contributed by atoms with van der Waals surface area (Å²) in [6.45, 7) is 9.87. The topological polar surface area (TPSA) is 15.7 Å². The molecule has 0 radical (unpaired) electrons. The largest absolute Gasteiger partial charge is 0.366 e. The van der Waals surface area contributed by atoms with Gasteiger partial charge in [0.15, 0.2) is 0 Å². The van der Waals surface area contributed by atoms with Gasteiger partial charge in [0.05, 0.1) is 6.67 Å². The van der Waals surface area contributed by atoms with Gasteiger partial charge in [0.1, 0.15) is 6.73 Å². The van der Waals surface area contributed by atoms with E-state index in [0.717, 1.165) is 45.2 Å². The van der Waals surface area contributed by atoms with Gasteiger partial charge in [0.25, 0.3) is 0 Å². The molecule has 3 fully saturated rings. The van der Waals surface area contributed by atoms with Crippen molar-refractivity contribution in [3.8, 4) is 0 Å². The lowest BCUT2D eigenvalue weighted by Gasteiger charge is -2.40. The van der Waals surface area contributed by atoms with Gasteiger partial charge in [-0.2, -0.15) is 0 Å². The fourth-order valence-corrected chi connectivity index (χ4v) is 6.17. The number of rotatable bonds is 7. The van der Waals surface area contributed by atoms with E-state index in [9.17, 15) is 0 Å². The van der Waals surface area contributed by atoms with Gasteiger partial charge in [-0.05, 0) is 57.0 Å². The first kappa shape index (κ1) is 20.4. The molecular weight excluding hydrogens is 371 g/mol. The molecule has 3 nitrogen and oxygen atoms in total. The third-order valence-corrected chi connectivity index (χ3v) is 8.87. The maximum absolute atomic E-state index is 6.81. The number of ether oxygens (including phenoxy) is 1. The summed E-state index contributed by atoms with van der Waals surface area (Å²) in [5.41, 5.74) is 0. The lowest BCUT2D eigenvalue weighted by molar-refractivity contribution is 0.00511. The first-order valence-corrected chi connectivity index (χ1v) is 14.6. The smallest absolute Gasteiger partial charge is 0.100 e. The van der Waals surface area contributed by atoms with Gasteiger partial charge in [-0.1, -0.05) is 19.6 Å². The summed E-state index contributed by atoms with van der Waals surface area (Å²) in [4.78, 5) is 5.10. The minimum atomic E-state index is -1.03. The van der Waals surface area contributed by atoms with E-state index in [0.29, 0.717) is 23.4 Å². The van der Waals surface area contributed by atoms with Gasteiger partial charge >= 0.3 is 0 Å². The lowest BCUT2D eigenvalue weighted by Crippen LogP contribution is -2.49. The molecule has 3 aliphatic rings. The number of halogens is 2. The third kappa shape index (κ3) is 5.36. The van der Waals surface area contributed by atoms with Gasteiger partial charge in [-0.25, -0.2) is 0 Å². The Labute approximate surface area is 165 Å². The maximum Gasteiger partial charge on any atom is 0.100 e. The van der Waals surface area contributed by atoms with Crippen molar-refractivity contribution < 1.29 is 4.74 Å². The van der Waals surface area contributed by atoms with Crippen LogP contribution < -0.4 is 0 Å². The molecule has 0 bridgehead atoms. The van der Waals surface area contributed by atoms with Crippen LogP contribution in [-0.4, -0.2) is 67.8 Å². The summed E-state index contributed by atoms with van der Waals surface area (Å²) in [6, 6.07) is 2.38. The van der Waals surface area contributed by atoms with Gasteiger partial charge in [-0.15, -0.1) is 23.2 Å². The molecule has 146 valence electrons. The van der Waals surface area contributed by atoms with Crippen molar-refractivity contribution >= 4 is 31.3 Å². The third-order valence-electron chi connectivity index (χ3n) is 6.23. The molecule has 0 N–H and O–H groups in total. The van der Waals surface area contributed by atoms with E-state index >= 15 is 0 Å². The van der Waals surface area contributed by atoms with Crippen LogP contribution in [0, 0.1) is 11.8 Å². The molecule has 0 aromatic rings. The molecule has 3 rings (SSSR count). The van der Waals surface area contributed by atoms with E-state index in [1.54, 1.807) is 0 Å². The van der Waals surface area contributed by atoms with Gasteiger partial charge < -0.3 is 4.74 Å². The predicted octanol–water partition coefficient (Wildman–Crippen LogP) is 4.67. The van der Waals surface area contributed by atoms with Gasteiger partial charge in [-0.3, -0.25) is 9.80 Å². The lowest BCUT2D eigenvalue weighted by atomic mass is 9.79. The molecule has 0 aromatic carbocycles. The Morgan fingerprint density at radius 2 is 1.76 bits per heavy atom. The normalized spacial score (nSPS) is 38.4. The summed E-state index contributed by atoms with van der Waals surface area (Å²) >= 11 is 13.4. The first-order chi connectivity index (χ1) is 11.8. The highest BCUT2D eigenvalue weighted by atomic mass is 35.5. The molecule has 25 heavy (non-hydrogen) atoms. The van der Waals surface area contributed by atoms with E-state index in [2.05, 4.69) is 36.5 Å². The number of hydrogen-bond donors (Lipinski definition) is 0. The average Bonchev–Trinajstić information content (AvgIpc) is 3.29. The number of alkyl halides is 2. The Morgan fingerprint density at radius 1 is 1.04 bits per heavy atom. The van der Waals surface area contributed by atoms with Crippen molar-refractivity contribution in [3.63, 3.8) is 0 Å². The minimum absolute atomic E-state index is 0.261. The van der Waals surface area contributed by atoms with Crippen LogP contribution in [0.15, 0.2) is 0 Å². The summed E-state index contributed by atoms with van der Waals surface area (Å²) in [7, 11) is 1.25. The van der Waals surface area contributed by atoms with Crippen molar-refractivity contribution in [2.75, 3.05) is 27.1 Å². The van der Waals surface area contributed by atoms with E-state index in [-0.39, 0.29) is 5.38 Å². The molecule has 2 aliphatic carbocycles. The monoisotopic (exact) mass is 406 g/mol. The molecule has 1 saturated heterocycles. The Balaban J connectivity index is 1.65. The Hall–Kier alpha value is 0.677. The maximum atomic E-state index is 6.81. The summed E-state index contributed by atoms with van der Waals surface area (Å²) in [5.74, 6) is 1.34. The summed E-state index contributed by atoms with van der Waals surface area (Å²) in [6.07, 6.45) is 5.93. The molecule has 1 heterocycles. The number of nitrogens with zero attached hydrogens (tertiary/aromatic N) is 2. The van der Waals surface area contributed by atoms with Crippen molar-refractivity contribution in [2.24, 2.45) is 11.8 Å². The van der Waals surface area contributed by atoms with E-state index in [1.165, 1.54) is 18.9 Å². The molecule has 2 saturated carbocycles. The van der Waals surface area contributed by atoms with Crippen molar-refractivity contribution in [3.05, 3.63) is 0 Å². The molecule has 5 unspecified atom stereocenters. The zero-order valence-corrected chi connectivity index (χ0v) is 18.9. The molecule has 0 spiro atoms. The SMILES string of the molecule is CN1CN(COCC[Si](C)(C)C)C(C2CC(Cl)CCC2Cl)C1C1CC1. The van der Waals surface area contributed by atoms with E-state index in [1.807, 2.05) is 0 Å². The Bertz CT molecular complexity index is 444. The molecule has 6 heteroatoms. The minimum Gasteiger partial charge on any atom is -0.366 e. The van der Waals surface area contributed by atoms with Gasteiger partial charge in [0, 0.05) is 37.5 Å². The zero-order chi connectivity index (χ0) is 18.2. The Kier molecular flexibility index (Phi) is 6.83. The Morgan fingerprint density at radius 3 is 2.40 bits per heavy atom. The highest BCUT2D eigenvalue weighted by Gasteiger charge is 2.51. The van der Waals surface area contributed by atoms with Crippen molar-refractivity contribution in [1.29, 1.82) is 0 Å². The first-order valence-electron chi connectivity index (χ1n) is 10.1. The summed E-state index contributed by atoms with van der Waals surface area (Å²) < 4.78 is 6.13. The van der Waals surface area contributed by atoms with Crippen LogP contribution in [-0.2, 0) is 4.74 Å². The second-order valence-corrected chi connectivity index (χ2v) is 16.5. The average molecular weight is 408 g/mol. The van der Waals surface area contributed by atoms with Crippen LogP contribution >= 0.6 is 23.2 Å². The van der Waals surface area contributed by atoms with Crippen LogP contribution in [0.4, 0.5) is 0 Å².